The number of ether oxygens (including phenoxy) is 2. The molecule has 9 heteroatoms. The molecule has 0 saturated heterocycles. The first-order chi connectivity index (χ1) is 16.8. The summed E-state index contributed by atoms with van der Waals surface area (Å²) in [6.07, 6.45) is 3.83. The van der Waals surface area contributed by atoms with Crippen molar-refractivity contribution in [3.05, 3.63) is 47.5 Å². The minimum Gasteiger partial charge on any atom is -0.497 e. The summed E-state index contributed by atoms with van der Waals surface area (Å²) in [4.78, 5) is 20.5. The average Bonchev–Trinajstić information content (AvgIpc) is 2.85. The number of halogens is 2. The van der Waals surface area contributed by atoms with Gasteiger partial charge in [-0.3, -0.25) is 0 Å². The van der Waals surface area contributed by atoms with E-state index in [0.717, 1.165) is 37.0 Å². The van der Waals surface area contributed by atoms with Crippen LogP contribution in [0.2, 0.25) is 0 Å². The van der Waals surface area contributed by atoms with E-state index in [9.17, 15) is 13.6 Å². The fourth-order valence-corrected chi connectivity index (χ4v) is 3.80. The highest BCUT2D eigenvalue weighted by atomic mass is 19.2. The molecule has 0 spiro atoms. The maximum absolute atomic E-state index is 14.1. The fourth-order valence-electron chi connectivity index (χ4n) is 3.80. The molecule has 0 aliphatic carbocycles. The lowest BCUT2D eigenvalue weighted by molar-refractivity contribution is -0.117. The van der Waals surface area contributed by atoms with Crippen LogP contribution in [0.3, 0.4) is 0 Å². The molecule has 2 aromatic carbocycles. The smallest absolute Gasteiger partial charge is 0.225 e. The van der Waals surface area contributed by atoms with Gasteiger partial charge < -0.3 is 24.9 Å². The van der Waals surface area contributed by atoms with Crippen LogP contribution >= 0.6 is 0 Å². The number of nitrogens with zero attached hydrogens (tertiary/aromatic N) is 2. The van der Waals surface area contributed by atoms with Gasteiger partial charge in [0, 0.05) is 42.1 Å². The Kier molecular flexibility index (Phi) is 9.17. The van der Waals surface area contributed by atoms with E-state index in [2.05, 4.69) is 27.5 Å². The fraction of sp³-hybridized carbons (Fsp3) is 0.423. The second-order valence-corrected chi connectivity index (χ2v) is 8.43. The monoisotopic (exact) mass is 486 g/mol. The van der Waals surface area contributed by atoms with Gasteiger partial charge in [0.05, 0.1) is 19.7 Å². The van der Waals surface area contributed by atoms with Gasteiger partial charge in [0.1, 0.15) is 23.1 Å². The number of anilines is 2. The van der Waals surface area contributed by atoms with Gasteiger partial charge in [0.25, 0.3) is 0 Å². The van der Waals surface area contributed by atoms with Gasteiger partial charge in [0.2, 0.25) is 5.95 Å². The number of fused-ring (bicyclic) bond motifs is 1. The molecule has 1 atom stereocenters. The zero-order valence-electron chi connectivity index (χ0n) is 20.6. The lowest BCUT2D eigenvalue weighted by Crippen LogP contribution is -2.22. The quantitative estimate of drug-likeness (QED) is 0.312. The van der Waals surface area contributed by atoms with Crippen LogP contribution in [0.5, 0.6) is 11.5 Å². The molecule has 0 bridgehead atoms. The maximum atomic E-state index is 14.1. The number of hydrogen-bond donors (Lipinski definition) is 2. The predicted octanol–water partition coefficient (Wildman–Crippen LogP) is 5.88. The van der Waals surface area contributed by atoms with Crippen LogP contribution in [-0.4, -0.2) is 36.0 Å². The normalized spacial score (nSPS) is 11.8. The van der Waals surface area contributed by atoms with Gasteiger partial charge >= 0.3 is 0 Å². The standard InChI is InChI=1S/C26H32F2N4O3/c1-5-6-7-18(10-8-16(2)33)30-25-20-13-21(27)22(28)14-23(20)31-26(32-25)29-15-17-9-11-19(34-3)12-24(17)35-4/h9,11-14,18H,5-8,10,15H2,1-4H3,(H2,29,30,31,32)/t18-/m1/s1. The zero-order valence-corrected chi connectivity index (χ0v) is 20.6. The molecule has 3 rings (SSSR count). The van der Waals surface area contributed by atoms with Crippen molar-refractivity contribution in [1.29, 1.82) is 0 Å². The van der Waals surface area contributed by atoms with E-state index in [-0.39, 0.29) is 23.3 Å². The number of rotatable bonds is 13. The summed E-state index contributed by atoms with van der Waals surface area (Å²) in [5, 5.41) is 6.89. The van der Waals surface area contributed by atoms with Crippen molar-refractivity contribution in [2.45, 2.75) is 58.5 Å². The molecule has 0 aliphatic rings. The van der Waals surface area contributed by atoms with Gasteiger partial charge in [-0.15, -0.1) is 0 Å². The van der Waals surface area contributed by atoms with Crippen molar-refractivity contribution >= 4 is 28.5 Å². The first-order valence-corrected chi connectivity index (χ1v) is 11.7. The van der Waals surface area contributed by atoms with E-state index in [1.54, 1.807) is 27.2 Å². The van der Waals surface area contributed by atoms with Crippen LogP contribution in [0.4, 0.5) is 20.5 Å². The first kappa shape index (κ1) is 26.1. The van der Waals surface area contributed by atoms with E-state index in [1.807, 2.05) is 12.1 Å². The van der Waals surface area contributed by atoms with Crippen molar-refractivity contribution in [1.82, 2.24) is 9.97 Å². The molecule has 1 heterocycles. The molecule has 0 radical (unpaired) electrons. The minimum absolute atomic E-state index is 0.0420. The highest BCUT2D eigenvalue weighted by molar-refractivity contribution is 5.90. The van der Waals surface area contributed by atoms with Crippen molar-refractivity contribution in [3.63, 3.8) is 0 Å². The summed E-state index contributed by atoms with van der Waals surface area (Å²) in [7, 11) is 3.15. The number of unbranched alkanes of at least 4 members (excludes halogenated alkanes) is 1. The summed E-state index contributed by atoms with van der Waals surface area (Å²) in [5.41, 5.74) is 1.12. The highest BCUT2D eigenvalue weighted by Crippen LogP contribution is 2.28. The van der Waals surface area contributed by atoms with Crippen LogP contribution in [0.25, 0.3) is 10.9 Å². The molecule has 3 aromatic rings. The summed E-state index contributed by atoms with van der Waals surface area (Å²) >= 11 is 0. The zero-order chi connectivity index (χ0) is 25.4. The Morgan fingerprint density at radius 2 is 1.83 bits per heavy atom. The van der Waals surface area contributed by atoms with E-state index >= 15 is 0 Å². The molecule has 0 unspecified atom stereocenters. The lowest BCUT2D eigenvalue weighted by Gasteiger charge is -2.20. The second-order valence-electron chi connectivity index (χ2n) is 8.43. The Morgan fingerprint density at radius 1 is 1.06 bits per heavy atom. The Labute approximate surface area is 204 Å². The van der Waals surface area contributed by atoms with Crippen molar-refractivity contribution < 1.29 is 23.0 Å². The minimum atomic E-state index is -0.982. The SMILES string of the molecule is CCCC[C@H](CCC(C)=O)Nc1nc(NCc2ccc(OC)cc2OC)nc2cc(F)c(F)cc12. The number of ketones is 1. The number of hydrogen-bond acceptors (Lipinski definition) is 7. The molecule has 0 fully saturated rings. The summed E-state index contributed by atoms with van der Waals surface area (Å²) in [6.45, 7) is 3.99. The van der Waals surface area contributed by atoms with Gasteiger partial charge in [-0.1, -0.05) is 19.8 Å². The maximum Gasteiger partial charge on any atom is 0.225 e. The van der Waals surface area contributed by atoms with E-state index < -0.39 is 11.6 Å². The van der Waals surface area contributed by atoms with E-state index in [0.29, 0.717) is 42.1 Å². The number of nitrogens with one attached hydrogen (secondary N) is 2. The highest BCUT2D eigenvalue weighted by Gasteiger charge is 2.17. The third kappa shape index (κ3) is 7.00. The van der Waals surface area contributed by atoms with Crippen LogP contribution in [-0.2, 0) is 11.3 Å². The van der Waals surface area contributed by atoms with E-state index in [4.69, 9.17) is 9.47 Å². The Hall–Kier alpha value is -3.49. The Morgan fingerprint density at radius 3 is 2.51 bits per heavy atom. The number of aromatic nitrogens is 2. The Bertz CT molecular complexity index is 1170. The van der Waals surface area contributed by atoms with Crippen LogP contribution in [0.1, 0.15) is 51.5 Å². The summed E-state index contributed by atoms with van der Waals surface area (Å²) in [6, 6.07) is 7.58. The molecule has 35 heavy (non-hydrogen) atoms. The molecule has 0 saturated carbocycles. The molecule has 2 N–H and O–H groups in total. The number of benzene rings is 2. The van der Waals surface area contributed by atoms with Crippen molar-refractivity contribution in [2.75, 3.05) is 24.9 Å². The predicted molar refractivity (Wildman–Crippen MR) is 133 cm³/mol. The number of methoxy groups -OCH3 is 2. The van der Waals surface area contributed by atoms with Crippen LogP contribution in [0, 0.1) is 11.6 Å². The molecule has 7 nitrogen and oxygen atoms in total. The molecular weight excluding hydrogens is 454 g/mol. The topological polar surface area (TPSA) is 85.4 Å². The third-order valence-electron chi connectivity index (χ3n) is 5.76. The molecule has 188 valence electrons. The van der Waals surface area contributed by atoms with Crippen LogP contribution in [0.15, 0.2) is 30.3 Å². The number of carbonyl (C=O) groups is 1. The van der Waals surface area contributed by atoms with E-state index in [1.165, 1.54) is 0 Å². The summed E-state index contributed by atoms with van der Waals surface area (Å²) < 4.78 is 38.8. The number of Topliss-reactive ketones (excluding diaryl/α,β-unsaturated/α-hetero) is 1. The molecule has 1 aromatic heterocycles. The Balaban J connectivity index is 1.93. The third-order valence-corrected chi connectivity index (χ3v) is 5.76. The van der Waals surface area contributed by atoms with Gasteiger partial charge in [-0.05, 0) is 38.0 Å². The second kappa shape index (κ2) is 12.3. The van der Waals surface area contributed by atoms with Gasteiger partial charge in [0.15, 0.2) is 11.6 Å². The molecular formula is C26H32F2N4O3. The first-order valence-electron chi connectivity index (χ1n) is 11.7. The van der Waals surface area contributed by atoms with Gasteiger partial charge in [-0.2, -0.15) is 4.98 Å². The average molecular weight is 487 g/mol. The van der Waals surface area contributed by atoms with Crippen molar-refractivity contribution in [2.24, 2.45) is 0 Å². The summed E-state index contributed by atoms with van der Waals surface area (Å²) in [5.74, 6) is 0.0936. The molecule has 0 aliphatic heterocycles. The number of carbonyl (C=O) groups excluding carboxylic acids is 1. The lowest BCUT2D eigenvalue weighted by atomic mass is 10.0. The largest absolute Gasteiger partial charge is 0.497 e. The van der Waals surface area contributed by atoms with Gasteiger partial charge in [-0.25, -0.2) is 13.8 Å². The van der Waals surface area contributed by atoms with Crippen LogP contribution < -0.4 is 20.1 Å². The molecule has 0 amide bonds. The van der Waals surface area contributed by atoms with Crippen molar-refractivity contribution in [3.8, 4) is 11.5 Å².